The van der Waals surface area contributed by atoms with Crippen LogP contribution in [-0.2, 0) is 6.42 Å². The Labute approximate surface area is 112 Å². The van der Waals surface area contributed by atoms with E-state index in [4.69, 9.17) is 0 Å². The van der Waals surface area contributed by atoms with Crippen LogP contribution in [0.5, 0.6) is 0 Å². The van der Waals surface area contributed by atoms with Crippen LogP contribution in [0.3, 0.4) is 0 Å². The fourth-order valence-corrected chi connectivity index (χ4v) is 2.82. The van der Waals surface area contributed by atoms with Crippen LogP contribution >= 0.6 is 0 Å². The summed E-state index contributed by atoms with van der Waals surface area (Å²) in [6, 6.07) is 8.26. The molecule has 1 fully saturated rings. The minimum Gasteiger partial charge on any atom is -0.372 e. The van der Waals surface area contributed by atoms with E-state index in [9.17, 15) is 9.90 Å². The van der Waals surface area contributed by atoms with Crippen LogP contribution in [0, 0.1) is 0 Å². The van der Waals surface area contributed by atoms with Crippen molar-refractivity contribution in [2.24, 2.45) is 0 Å². The molecular weight excluding hydrogens is 240 g/mol. The predicted molar refractivity (Wildman–Crippen MR) is 73.5 cm³/mol. The van der Waals surface area contributed by atoms with E-state index in [1.54, 1.807) is 0 Å². The van der Waals surface area contributed by atoms with Crippen LogP contribution in [0.1, 0.15) is 24.0 Å². The zero-order valence-electron chi connectivity index (χ0n) is 10.8. The normalized spacial score (nSPS) is 21.9. The molecule has 1 aromatic rings. The van der Waals surface area contributed by atoms with Gasteiger partial charge in [-0.3, -0.25) is 4.90 Å². The smallest absolute Gasteiger partial charge is 0.319 e. The molecule has 0 radical (unpaired) electrons. The van der Waals surface area contributed by atoms with E-state index >= 15 is 0 Å². The number of allylic oxidation sites excluding steroid dienone is 1. The minimum absolute atomic E-state index is 0.169. The van der Waals surface area contributed by atoms with Gasteiger partial charge in [-0.2, -0.15) is 0 Å². The molecule has 2 amide bonds. The molecule has 1 unspecified atom stereocenters. The van der Waals surface area contributed by atoms with Gasteiger partial charge >= 0.3 is 6.03 Å². The molecule has 2 N–H and O–H groups in total. The number of carbonyl (C=O) groups excluding carboxylic acids is 1. The lowest BCUT2D eigenvalue weighted by Crippen LogP contribution is -2.35. The van der Waals surface area contributed by atoms with E-state index in [-0.39, 0.29) is 6.03 Å². The van der Waals surface area contributed by atoms with E-state index in [0.717, 1.165) is 19.3 Å². The van der Waals surface area contributed by atoms with Crippen LogP contribution in [-0.4, -0.2) is 35.4 Å². The molecule has 1 heterocycles. The molecule has 0 aromatic heterocycles. The molecule has 4 nitrogen and oxygen atoms in total. The summed E-state index contributed by atoms with van der Waals surface area (Å²) in [6.07, 6.45) is 4.50. The number of hydrogen-bond donors (Lipinski definition) is 2. The van der Waals surface area contributed by atoms with Gasteiger partial charge in [-0.05, 0) is 36.0 Å². The fraction of sp³-hybridized carbons (Fsp3) is 0.400. The number of aliphatic hydroxyl groups excluding tert-OH is 1. The summed E-state index contributed by atoms with van der Waals surface area (Å²) >= 11 is 0. The van der Waals surface area contributed by atoms with Crippen LogP contribution in [0.2, 0.25) is 0 Å². The van der Waals surface area contributed by atoms with Crippen molar-refractivity contribution in [1.29, 1.82) is 0 Å². The van der Waals surface area contributed by atoms with E-state index in [1.807, 2.05) is 0 Å². The molecule has 1 atom stereocenters. The monoisotopic (exact) mass is 258 g/mol. The van der Waals surface area contributed by atoms with Crippen LogP contribution < -0.4 is 5.32 Å². The summed E-state index contributed by atoms with van der Waals surface area (Å²) < 4.78 is 0. The van der Waals surface area contributed by atoms with Crippen molar-refractivity contribution in [3.8, 4) is 0 Å². The fourth-order valence-electron chi connectivity index (χ4n) is 2.82. The Bertz CT molecular complexity index is 525. The summed E-state index contributed by atoms with van der Waals surface area (Å²) in [4.78, 5) is 13.0. The second-order valence-corrected chi connectivity index (χ2v) is 5.04. The van der Waals surface area contributed by atoms with Crippen molar-refractivity contribution in [2.45, 2.75) is 25.5 Å². The molecule has 19 heavy (non-hydrogen) atoms. The lowest BCUT2D eigenvalue weighted by atomic mass is 9.89. The molecule has 2 aliphatic rings. The number of urea groups is 1. The first-order chi connectivity index (χ1) is 9.25. The highest BCUT2D eigenvalue weighted by atomic mass is 16.3. The molecule has 1 aromatic carbocycles. The summed E-state index contributed by atoms with van der Waals surface area (Å²) in [5.74, 6) is 0. The van der Waals surface area contributed by atoms with Gasteiger partial charge in [0.1, 0.15) is 6.23 Å². The highest BCUT2D eigenvalue weighted by molar-refractivity contribution is 5.77. The van der Waals surface area contributed by atoms with Crippen LogP contribution in [0.15, 0.2) is 30.3 Å². The molecular formula is C15H18N2O2. The van der Waals surface area contributed by atoms with Crippen molar-refractivity contribution in [1.82, 2.24) is 10.2 Å². The van der Waals surface area contributed by atoms with E-state index < -0.39 is 6.23 Å². The first-order valence-corrected chi connectivity index (χ1v) is 6.75. The third kappa shape index (κ3) is 2.36. The average molecular weight is 258 g/mol. The van der Waals surface area contributed by atoms with Gasteiger partial charge in [-0.15, -0.1) is 0 Å². The molecule has 3 rings (SSSR count). The van der Waals surface area contributed by atoms with Crippen LogP contribution in [0.25, 0.3) is 5.57 Å². The van der Waals surface area contributed by atoms with E-state index in [0.29, 0.717) is 13.1 Å². The molecule has 1 aliphatic carbocycles. The zero-order chi connectivity index (χ0) is 13.2. The Morgan fingerprint density at radius 3 is 3.00 bits per heavy atom. The Kier molecular flexibility index (Phi) is 3.25. The van der Waals surface area contributed by atoms with Gasteiger partial charge in [0.2, 0.25) is 0 Å². The Morgan fingerprint density at radius 2 is 2.21 bits per heavy atom. The Hall–Kier alpha value is -1.81. The number of carbonyl (C=O) groups is 1. The van der Waals surface area contributed by atoms with E-state index in [1.165, 1.54) is 21.6 Å². The second kappa shape index (κ2) is 5.05. The summed E-state index contributed by atoms with van der Waals surface area (Å²) in [5.41, 5.74) is 3.96. The number of fused-ring (bicyclic) bond motifs is 1. The SMILES string of the molecule is O=C1NCC(O)N1CCC1=CCCc2ccccc21. The molecule has 1 aliphatic heterocycles. The first kappa shape index (κ1) is 12.2. The van der Waals surface area contributed by atoms with Gasteiger partial charge in [-0.25, -0.2) is 4.79 Å². The van der Waals surface area contributed by atoms with Gasteiger partial charge in [0.05, 0.1) is 6.54 Å². The van der Waals surface area contributed by atoms with Crippen molar-refractivity contribution >= 4 is 11.6 Å². The maximum Gasteiger partial charge on any atom is 0.319 e. The van der Waals surface area contributed by atoms with Crippen molar-refractivity contribution < 1.29 is 9.90 Å². The van der Waals surface area contributed by atoms with Crippen molar-refractivity contribution in [2.75, 3.05) is 13.1 Å². The molecule has 1 saturated heterocycles. The number of rotatable bonds is 3. The number of benzene rings is 1. The maximum atomic E-state index is 11.5. The number of aliphatic hydroxyl groups is 1. The maximum absolute atomic E-state index is 11.5. The summed E-state index contributed by atoms with van der Waals surface area (Å²) in [5, 5.41) is 12.4. The lowest BCUT2D eigenvalue weighted by molar-refractivity contribution is 0.0663. The van der Waals surface area contributed by atoms with Gasteiger partial charge in [0, 0.05) is 6.54 Å². The van der Waals surface area contributed by atoms with Gasteiger partial charge in [-0.1, -0.05) is 30.3 Å². The van der Waals surface area contributed by atoms with Crippen molar-refractivity contribution in [3.63, 3.8) is 0 Å². The second-order valence-electron chi connectivity index (χ2n) is 5.04. The first-order valence-electron chi connectivity index (χ1n) is 6.75. The molecule has 100 valence electrons. The molecule has 4 heteroatoms. The third-order valence-electron chi connectivity index (χ3n) is 3.85. The van der Waals surface area contributed by atoms with Gasteiger partial charge in [0.15, 0.2) is 0 Å². The molecule has 0 bridgehead atoms. The standard InChI is InChI=1S/C15H18N2O2/c18-14-10-16-15(19)17(14)9-8-12-6-3-5-11-4-1-2-7-13(11)12/h1-2,4,6-7,14,18H,3,5,8-10H2,(H,16,19). The van der Waals surface area contributed by atoms with Gasteiger partial charge in [0.25, 0.3) is 0 Å². The third-order valence-corrected chi connectivity index (χ3v) is 3.85. The molecule has 0 spiro atoms. The van der Waals surface area contributed by atoms with Gasteiger partial charge < -0.3 is 10.4 Å². The number of hydrogen-bond acceptors (Lipinski definition) is 2. The average Bonchev–Trinajstić information content (AvgIpc) is 2.76. The van der Waals surface area contributed by atoms with Crippen molar-refractivity contribution in [3.05, 3.63) is 41.5 Å². The largest absolute Gasteiger partial charge is 0.372 e. The predicted octanol–water partition coefficient (Wildman–Crippen LogP) is 1.75. The number of aryl methyl sites for hydroxylation is 1. The highest BCUT2D eigenvalue weighted by Gasteiger charge is 2.28. The highest BCUT2D eigenvalue weighted by Crippen LogP contribution is 2.28. The van der Waals surface area contributed by atoms with Crippen LogP contribution in [0.4, 0.5) is 4.79 Å². The van der Waals surface area contributed by atoms with E-state index in [2.05, 4.69) is 35.7 Å². The topological polar surface area (TPSA) is 52.6 Å². The minimum atomic E-state index is -0.688. The Morgan fingerprint density at radius 1 is 1.37 bits per heavy atom. The molecule has 0 saturated carbocycles. The number of β-amino-alcohol motifs (C(OH)–C–C–N with tert-alkyl or cyclic N) is 1. The lowest BCUT2D eigenvalue weighted by Gasteiger charge is -2.22. The number of nitrogens with zero attached hydrogens (tertiary/aromatic N) is 1. The number of amides is 2. The Balaban J connectivity index is 1.71. The summed E-state index contributed by atoms with van der Waals surface area (Å²) in [7, 11) is 0. The summed E-state index contributed by atoms with van der Waals surface area (Å²) in [6.45, 7) is 0.891. The zero-order valence-corrected chi connectivity index (χ0v) is 10.8. The quantitative estimate of drug-likeness (QED) is 0.868. The number of nitrogens with one attached hydrogen (secondary N) is 1.